The van der Waals surface area contributed by atoms with Crippen LogP contribution in [0.15, 0.2) is 48.5 Å². The van der Waals surface area contributed by atoms with Gasteiger partial charge < -0.3 is 20.3 Å². The monoisotopic (exact) mass is 423 g/mol. The first kappa shape index (κ1) is 22.5. The number of amides is 3. The molecule has 0 aromatic heterocycles. The molecule has 1 heterocycles. The highest BCUT2D eigenvalue weighted by Gasteiger charge is 2.36. The van der Waals surface area contributed by atoms with Crippen molar-refractivity contribution in [2.24, 2.45) is 5.92 Å². The number of nitrogens with one attached hydrogen (secondary N) is 2. The van der Waals surface area contributed by atoms with E-state index >= 15 is 0 Å². The van der Waals surface area contributed by atoms with Gasteiger partial charge in [0.1, 0.15) is 0 Å². The molecule has 0 aliphatic carbocycles. The van der Waals surface area contributed by atoms with Gasteiger partial charge >= 0.3 is 0 Å². The highest BCUT2D eigenvalue weighted by Crippen LogP contribution is 2.23. The molecule has 0 bridgehead atoms. The molecule has 0 unspecified atom stereocenters. The number of benzene rings is 2. The minimum absolute atomic E-state index is 0.0613. The van der Waals surface area contributed by atoms with Crippen LogP contribution in [-0.4, -0.2) is 48.9 Å². The molecule has 7 nitrogen and oxygen atoms in total. The number of anilines is 1. The fourth-order valence-corrected chi connectivity index (χ4v) is 3.67. The molecule has 3 amide bonds. The van der Waals surface area contributed by atoms with Gasteiger partial charge in [0.05, 0.1) is 29.8 Å². The predicted octanol–water partition coefficient (Wildman–Crippen LogP) is 2.75. The van der Waals surface area contributed by atoms with Crippen LogP contribution in [0.5, 0.6) is 0 Å². The molecule has 0 radical (unpaired) electrons. The van der Waals surface area contributed by atoms with Crippen LogP contribution in [0.25, 0.3) is 0 Å². The maximum Gasteiger partial charge on any atom is 0.253 e. The van der Waals surface area contributed by atoms with E-state index in [1.54, 1.807) is 36.3 Å². The molecule has 1 aliphatic rings. The molecule has 2 N–H and O–H groups in total. The lowest BCUT2D eigenvalue weighted by Gasteiger charge is -2.24. The first-order valence-corrected chi connectivity index (χ1v) is 10.4. The van der Waals surface area contributed by atoms with Crippen molar-refractivity contribution in [1.82, 2.24) is 10.2 Å². The molecule has 3 rings (SSSR count). The second-order valence-corrected chi connectivity index (χ2v) is 7.95. The minimum Gasteiger partial charge on any atom is -0.383 e. The Morgan fingerprint density at radius 2 is 1.87 bits per heavy atom. The third-order valence-corrected chi connectivity index (χ3v) is 5.47. The van der Waals surface area contributed by atoms with E-state index < -0.39 is 5.92 Å². The summed E-state index contributed by atoms with van der Waals surface area (Å²) in [5, 5.41) is 5.74. The fourth-order valence-electron chi connectivity index (χ4n) is 3.67. The van der Waals surface area contributed by atoms with Gasteiger partial charge in [-0.2, -0.15) is 0 Å². The van der Waals surface area contributed by atoms with E-state index in [1.807, 2.05) is 38.1 Å². The normalized spacial score (nSPS) is 16.8. The zero-order valence-corrected chi connectivity index (χ0v) is 18.2. The molecular weight excluding hydrogens is 394 g/mol. The van der Waals surface area contributed by atoms with Gasteiger partial charge in [0.2, 0.25) is 11.8 Å². The van der Waals surface area contributed by atoms with Gasteiger partial charge in [0.15, 0.2) is 0 Å². The molecule has 1 aliphatic heterocycles. The summed E-state index contributed by atoms with van der Waals surface area (Å²) in [5.41, 5.74) is 2.97. The number of hydrogen-bond donors (Lipinski definition) is 2. The molecular formula is C24H29N3O4. The summed E-state index contributed by atoms with van der Waals surface area (Å²) in [5.74, 6) is -1.06. The third-order valence-electron chi connectivity index (χ3n) is 5.47. The summed E-state index contributed by atoms with van der Waals surface area (Å²) in [6, 6.07) is 14.7. The summed E-state index contributed by atoms with van der Waals surface area (Å²) in [6.07, 6.45) is 0.154. The predicted molar refractivity (Wildman–Crippen MR) is 119 cm³/mol. The summed E-state index contributed by atoms with van der Waals surface area (Å²) in [7, 11) is 1.59. The SMILES string of the molecule is COC[C@H](C)N1C[C@@H](C(=O)Nc2ccccc2C(=O)NCc2ccc(C)cc2)CC1=O. The van der Waals surface area contributed by atoms with Crippen molar-refractivity contribution in [3.05, 3.63) is 65.2 Å². The van der Waals surface area contributed by atoms with Crippen LogP contribution in [0.3, 0.4) is 0 Å². The largest absolute Gasteiger partial charge is 0.383 e. The van der Waals surface area contributed by atoms with Crippen LogP contribution < -0.4 is 10.6 Å². The molecule has 31 heavy (non-hydrogen) atoms. The third kappa shape index (κ3) is 5.70. The number of hydrogen-bond acceptors (Lipinski definition) is 4. The number of carbonyl (C=O) groups excluding carboxylic acids is 3. The van der Waals surface area contributed by atoms with Crippen molar-refractivity contribution in [1.29, 1.82) is 0 Å². The van der Waals surface area contributed by atoms with Gasteiger partial charge in [0.25, 0.3) is 5.91 Å². The van der Waals surface area contributed by atoms with Crippen molar-refractivity contribution in [2.75, 3.05) is 25.6 Å². The van der Waals surface area contributed by atoms with E-state index in [-0.39, 0.29) is 30.2 Å². The van der Waals surface area contributed by atoms with Gasteiger partial charge in [-0.25, -0.2) is 0 Å². The molecule has 2 aromatic rings. The topological polar surface area (TPSA) is 87.7 Å². The maximum absolute atomic E-state index is 12.8. The minimum atomic E-state index is -0.463. The first-order valence-electron chi connectivity index (χ1n) is 10.4. The van der Waals surface area contributed by atoms with Crippen LogP contribution in [-0.2, 0) is 20.9 Å². The molecule has 1 fully saturated rings. The zero-order chi connectivity index (χ0) is 22.4. The smallest absolute Gasteiger partial charge is 0.253 e. The van der Waals surface area contributed by atoms with Crippen molar-refractivity contribution in [2.45, 2.75) is 32.9 Å². The molecule has 2 aromatic carbocycles. The quantitative estimate of drug-likeness (QED) is 0.683. The van der Waals surface area contributed by atoms with E-state index in [1.165, 1.54) is 0 Å². The van der Waals surface area contributed by atoms with Crippen LogP contribution in [0.4, 0.5) is 5.69 Å². The van der Waals surface area contributed by atoms with E-state index in [0.29, 0.717) is 30.9 Å². The van der Waals surface area contributed by atoms with Crippen molar-refractivity contribution in [3.8, 4) is 0 Å². The Bertz CT molecular complexity index is 942. The summed E-state index contributed by atoms with van der Waals surface area (Å²) in [6.45, 7) is 5.07. The average Bonchev–Trinajstić information content (AvgIpc) is 3.15. The highest BCUT2D eigenvalue weighted by atomic mass is 16.5. The number of rotatable bonds is 8. The number of nitrogens with zero attached hydrogens (tertiary/aromatic N) is 1. The molecule has 164 valence electrons. The maximum atomic E-state index is 12.8. The molecule has 0 saturated carbocycles. The van der Waals surface area contributed by atoms with Crippen molar-refractivity contribution in [3.63, 3.8) is 0 Å². The van der Waals surface area contributed by atoms with Crippen molar-refractivity contribution >= 4 is 23.4 Å². The zero-order valence-electron chi connectivity index (χ0n) is 18.2. The van der Waals surface area contributed by atoms with Crippen LogP contribution in [0.2, 0.25) is 0 Å². The van der Waals surface area contributed by atoms with Gasteiger partial charge in [-0.15, -0.1) is 0 Å². The number of carbonyl (C=O) groups is 3. The standard InChI is InChI=1S/C24H29N3O4/c1-16-8-10-18(11-9-16)13-25-24(30)20-6-4-5-7-21(20)26-23(29)19-12-22(28)27(14-19)17(2)15-31-3/h4-11,17,19H,12-15H2,1-3H3,(H,25,30)(H,26,29)/t17-,19-/m0/s1. The van der Waals surface area contributed by atoms with E-state index in [2.05, 4.69) is 10.6 Å². The first-order chi connectivity index (χ1) is 14.9. The number of para-hydroxylation sites is 1. The van der Waals surface area contributed by atoms with E-state index in [9.17, 15) is 14.4 Å². The lowest BCUT2D eigenvalue weighted by Crippen LogP contribution is -2.38. The van der Waals surface area contributed by atoms with Gasteiger partial charge in [-0.05, 0) is 31.5 Å². The van der Waals surface area contributed by atoms with Crippen LogP contribution in [0, 0.1) is 12.8 Å². The Morgan fingerprint density at radius 1 is 1.16 bits per heavy atom. The van der Waals surface area contributed by atoms with Crippen LogP contribution in [0.1, 0.15) is 34.8 Å². The van der Waals surface area contributed by atoms with Crippen molar-refractivity contribution < 1.29 is 19.1 Å². The molecule has 1 saturated heterocycles. The van der Waals surface area contributed by atoms with E-state index in [0.717, 1.165) is 11.1 Å². The molecule has 0 spiro atoms. The lowest BCUT2D eigenvalue weighted by molar-refractivity contribution is -0.130. The number of ether oxygens (including phenoxy) is 1. The Morgan fingerprint density at radius 3 is 2.58 bits per heavy atom. The Hall–Kier alpha value is -3.19. The second-order valence-electron chi connectivity index (χ2n) is 7.95. The Labute approximate surface area is 182 Å². The molecule has 2 atom stereocenters. The molecule has 7 heteroatoms. The summed E-state index contributed by atoms with van der Waals surface area (Å²) >= 11 is 0. The summed E-state index contributed by atoms with van der Waals surface area (Å²) in [4.78, 5) is 39.5. The number of methoxy groups -OCH3 is 1. The summed E-state index contributed by atoms with van der Waals surface area (Å²) < 4.78 is 5.12. The van der Waals surface area contributed by atoms with Crippen LogP contribution >= 0.6 is 0 Å². The number of likely N-dealkylation sites (tertiary alicyclic amines) is 1. The second kappa shape index (κ2) is 10.2. The fraction of sp³-hybridized carbons (Fsp3) is 0.375. The van der Waals surface area contributed by atoms with Gasteiger partial charge in [-0.1, -0.05) is 42.0 Å². The number of aryl methyl sites for hydroxylation is 1. The average molecular weight is 424 g/mol. The Balaban J connectivity index is 1.63. The van der Waals surface area contributed by atoms with Gasteiger partial charge in [0, 0.05) is 26.6 Å². The lowest BCUT2D eigenvalue weighted by atomic mass is 10.1. The van der Waals surface area contributed by atoms with Gasteiger partial charge in [-0.3, -0.25) is 14.4 Å². The highest BCUT2D eigenvalue weighted by molar-refractivity contribution is 6.05. The Kier molecular flexibility index (Phi) is 7.41. The van der Waals surface area contributed by atoms with E-state index in [4.69, 9.17) is 4.74 Å².